The van der Waals surface area contributed by atoms with Gasteiger partial charge in [0.25, 0.3) is 5.91 Å². The van der Waals surface area contributed by atoms with Crippen LogP contribution in [0.4, 0.5) is 5.69 Å². The van der Waals surface area contributed by atoms with Gasteiger partial charge < -0.3 is 10.2 Å². The maximum absolute atomic E-state index is 13.0. The Bertz CT molecular complexity index is 1080. The highest BCUT2D eigenvalue weighted by molar-refractivity contribution is 7.98. The predicted molar refractivity (Wildman–Crippen MR) is 132 cm³/mol. The highest BCUT2D eigenvalue weighted by atomic mass is 32.2. The summed E-state index contributed by atoms with van der Waals surface area (Å²) in [5.41, 5.74) is 1.03. The Labute approximate surface area is 200 Å². The van der Waals surface area contributed by atoms with Gasteiger partial charge in [-0.15, -0.1) is 11.8 Å². The minimum absolute atomic E-state index is 0.0194. The molecular formula is C24H31N3O4S2. The summed E-state index contributed by atoms with van der Waals surface area (Å²) < 4.78 is 27.5. The van der Waals surface area contributed by atoms with E-state index in [1.807, 2.05) is 30.5 Å². The van der Waals surface area contributed by atoms with Crippen molar-refractivity contribution >= 4 is 39.3 Å². The zero-order valence-corrected chi connectivity index (χ0v) is 20.9. The Kier molecular flexibility index (Phi) is 8.56. The van der Waals surface area contributed by atoms with Gasteiger partial charge in [-0.2, -0.15) is 4.31 Å². The monoisotopic (exact) mass is 489 g/mol. The van der Waals surface area contributed by atoms with Crippen molar-refractivity contribution < 1.29 is 18.0 Å². The summed E-state index contributed by atoms with van der Waals surface area (Å²) in [5, 5.41) is 2.83. The molecule has 1 fully saturated rings. The molecule has 1 aliphatic carbocycles. The molecule has 0 radical (unpaired) electrons. The van der Waals surface area contributed by atoms with E-state index in [0.29, 0.717) is 11.3 Å². The average Bonchev–Trinajstić information content (AvgIpc) is 2.83. The number of nitrogens with one attached hydrogen (secondary N) is 1. The van der Waals surface area contributed by atoms with Gasteiger partial charge in [-0.25, -0.2) is 8.42 Å². The van der Waals surface area contributed by atoms with Gasteiger partial charge in [0.15, 0.2) is 0 Å². The van der Waals surface area contributed by atoms with Gasteiger partial charge in [-0.05, 0) is 55.5 Å². The van der Waals surface area contributed by atoms with Gasteiger partial charge in [0.05, 0.1) is 17.1 Å². The van der Waals surface area contributed by atoms with Crippen LogP contribution in [0, 0.1) is 0 Å². The molecule has 0 aromatic heterocycles. The summed E-state index contributed by atoms with van der Waals surface area (Å²) in [5.74, 6) is -0.659. The molecule has 2 aromatic rings. The number of para-hydroxylation sites is 1. The predicted octanol–water partition coefficient (Wildman–Crippen LogP) is 4.07. The number of benzene rings is 2. The molecule has 33 heavy (non-hydrogen) atoms. The van der Waals surface area contributed by atoms with E-state index in [1.54, 1.807) is 14.1 Å². The standard InChI is InChI=1S/C24H31N3O4S2/c1-26(17-23(28)25-21-11-7-8-12-22(21)32-3)24(29)18-13-15-20(16-14-18)33(30,31)27(2)19-9-5-4-6-10-19/h7-8,11-16,19H,4-6,9-10,17H2,1-3H3,(H,25,28). The van der Waals surface area contributed by atoms with Crippen LogP contribution in [0.25, 0.3) is 0 Å². The zero-order valence-electron chi connectivity index (χ0n) is 19.3. The second kappa shape index (κ2) is 11.2. The van der Waals surface area contributed by atoms with Crippen LogP contribution in [0.3, 0.4) is 0 Å². The van der Waals surface area contributed by atoms with Crippen molar-refractivity contribution in [2.24, 2.45) is 0 Å². The van der Waals surface area contributed by atoms with Gasteiger partial charge in [0.2, 0.25) is 15.9 Å². The number of hydrogen-bond donors (Lipinski definition) is 1. The summed E-state index contributed by atoms with van der Waals surface area (Å²) in [6, 6.07) is 13.4. The van der Waals surface area contributed by atoms with Gasteiger partial charge in [-0.1, -0.05) is 31.4 Å². The van der Waals surface area contributed by atoms with Crippen LogP contribution in [-0.2, 0) is 14.8 Å². The van der Waals surface area contributed by atoms with E-state index in [2.05, 4.69) is 5.32 Å². The van der Waals surface area contributed by atoms with Crippen LogP contribution in [0.1, 0.15) is 42.5 Å². The summed E-state index contributed by atoms with van der Waals surface area (Å²) >= 11 is 1.53. The molecule has 3 rings (SSSR count). The Balaban J connectivity index is 1.63. The van der Waals surface area contributed by atoms with Gasteiger partial charge in [0, 0.05) is 30.6 Å². The molecule has 9 heteroatoms. The van der Waals surface area contributed by atoms with E-state index in [4.69, 9.17) is 0 Å². The van der Waals surface area contributed by atoms with Gasteiger partial charge in [-0.3, -0.25) is 9.59 Å². The first kappa shape index (κ1) is 25.3. The maximum Gasteiger partial charge on any atom is 0.254 e. The first-order valence-corrected chi connectivity index (χ1v) is 13.7. The number of sulfonamides is 1. The highest BCUT2D eigenvalue weighted by Gasteiger charge is 2.29. The Morgan fingerprint density at radius 1 is 1.00 bits per heavy atom. The molecule has 7 nitrogen and oxygen atoms in total. The fourth-order valence-corrected chi connectivity index (χ4v) is 5.99. The molecule has 0 bridgehead atoms. The molecule has 0 heterocycles. The van der Waals surface area contributed by atoms with Crippen molar-refractivity contribution in [1.29, 1.82) is 0 Å². The van der Waals surface area contributed by atoms with Crippen molar-refractivity contribution in [3.8, 4) is 0 Å². The summed E-state index contributed by atoms with van der Waals surface area (Å²) in [6.45, 7) is -0.119. The molecule has 0 aliphatic heterocycles. The second-order valence-corrected chi connectivity index (χ2v) is 11.1. The normalized spacial score (nSPS) is 14.8. The minimum atomic E-state index is -3.62. The summed E-state index contributed by atoms with van der Waals surface area (Å²) in [4.78, 5) is 27.6. The van der Waals surface area contributed by atoms with E-state index in [0.717, 1.165) is 37.0 Å². The van der Waals surface area contributed by atoms with Crippen LogP contribution in [-0.4, -0.2) is 62.4 Å². The third-order valence-electron chi connectivity index (χ3n) is 5.98. The number of hydrogen-bond acceptors (Lipinski definition) is 5. The number of rotatable bonds is 8. The topological polar surface area (TPSA) is 86.8 Å². The molecule has 2 amide bonds. The molecule has 1 aliphatic rings. The SMILES string of the molecule is CSc1ccccc1NC(=O)CN(C)C(=O)c1ccc(S(=O)(=O)N(C)C2CCCCC2)cc1. The lowest BCUT2D eigenvalue weighted by Gasteiger charge is -2.30. The van der Waals surface area contributed by atoms with Crippen LogP contribution in [0.15, 0.2) is 58.3 Å². The lowest BCUT2D eigenvalue weighted by molar-refractivity contribution is -0.116. The Morgan fingerprint density at radius 3 is 2.27 bits per heavy atom. The van der Waals surface area contributed by atoms with Crippen LogP contribution < -0.4 is 5.32 Å². The molecule has 0 saturated heterocycles. The molecule has 178 valence electrons. The molecule has 0 atom stereocenters. The van der Waals surface area contributed by atoms with Crippen molar-refractivity contribution in [2.45, 2.75) is 47.9 Å². The number of thioether (sulfide) groups is 1. The van der Waals surface area contributed by atoms with E-state index in [-0.39, 0.29) is 29.3 Å². The van der Waals surface area contributed by atoms with Crippen molar-refractivity contribution in [3.63, 3.8) is 0 Å². The van der Waals surface area contributed by atoms with Crippen molar-refractivity contribution in [2.75, 3.05) is 32.2 Å². The minimum Gasteiger partial charge on any atom is -0.332 e. The molecule has 0 spiro atoms. The largest absolute Gasteiger partial charge is 0.332 e. The zero-order chi connectivity index (χ0) is 24.0. The highest BCUT2D eigenvalue weighted by Crippen LogP contribution is 2.27. The number of carbonyl (C=O) groups excluding carboxylic acids is 2. The third-order valence-corrected chi connectivity index (χ3v) is 8.70. The maximum atomic E-state index is 13.0. The molecule has 0 unspecified atom stereocenters. The number of nitrogens with zero attached hydrogens (tertiary/aromatic N) is 2. The van der Waals surface area contributed by atoms with E-state index in [9.17, 15) is 18.0 Å². The summed E-state index contributed by atoms with van der Waals surface area (Å²) in [6.07, 6.45) is 6.91. The average molecular weight is 490 g/mol. The van der Waals surface area contributed by atoms with Gasteiger partial charge >= 0.3 is 0 Å². The Morgan fingerprint density at radius 2 is 1.64 bits per heavy atom. The molecule has 1 N–H and O–H groups in total. The fourth-order valence-electron chi connectivity index (χ4n) is 4.02. The number of amides is 2. The van der Waals surface area contributed by atoms with Crippen molar-refractivity contribution in [3.05, 3.63) is 54.1 Å². The first-order chi connectivity index (χ1) is 15.7. The van der Waals surface area contributed by atoms with E-state index >= 15 is 0 Å². The van der Waals surface area contributed by atoms with Crippen LogP contribution >= 0.6 is 11.8 Å². The van der Waals surface area contributed by atoms with E-state index < -0.39 is 10.0 Å². The van der Waals surface area contributed by atoms with Crippen molar-refractivity contribution in [1.82, 2.24) is 9.21 Å². The Hall–Kier alpha value is -2.36. The van der Waals surface area contributed by atoms with Gasteiger partial charge in [0.1, 0.15) is 0 Å². The fraction of sp³-hybridized carbons (Fsp3) is 0.417. The number of anilines is 1. The molecule has 2 aromatic carbocycles. The number of likely N-dealkylation sites (N-methyl/N-ethyl adjacent to an activating group) is 1. The second-order valence-electron chi connectivity index (χ2n) is 8.25. The lowest BCUT2D eigenvalue weighted by atomic mass is 9.96. The summed E-state index contributed by atoms with van der Waals surface area (Å²) in [7, 11) is -0.443. The van der Waals surface area contributed by atoms with E-state index in [1.165, 1.54) is 45.2 Å². The smallest absolute Gasteiger partial charge is 0.254 e. The number of carbonyl (C=O) groups is 2. The first-order valence-electron chi connectivity index (χ1n) is 11.0. The molecular weight excluding hydrogens is 458 g/mol. The quantitative estimate of drug-likeness (QED) is 0.565. The third kappa shape index (κ3) is 6.16. The van der Waals surface area contributed by atoms with Crippen LogP contribution in [0.5, 0.6) is 0 Å². The molecule has 1 saturated carbocycles. The van der Waals surface area contributed by atoms with Crippen LogP contribution in [0.2, 0.25) is 0 Å². The lowest BCUT2D eigenvalue weighted by Crippen LogP contribution is -2.38.